The van der Waals surface area contributed by atoms with Gasteiger partial charge in [0.05, 0.1) is 12.3 Å². The maximum atomic E-state index is 15.4. The van der Waals surface area contributed by atoms with Crippen molar-refractivity contribution in [1.82, 2.24) is 9.97 Å². The van der Waals surface area contributed by atoms with E-state index in [9.17, 15) is 23.9 Å². The highest BCUT2D eigenvalue weighted by Gasteiger charge is 2.29. The Hall–Kier alpha value is -4.51. The van der Waals surface area contributed by atoms with Crippen molar-refractivity contribution in [2.24, 2.45) is 5.92 Å². The number of carbonyl (C=O) groups is 3. The zero-order chi connectivity index (χ0) is 29.8. The van der Waals surface area contributed by atoms with Crippen LogP contribution in [-0.4, -0.2) is 46.5 Å². The van der Waals surface area contributed by atoms with Crippen LogP contribution in [0.25, 0.3) is 22.4 Å². The average Bonchev–Trinajstić information content (AvgIpc) is 3.38. The summed E-state index contributed by atoms with van der Waals surface area (Å²) in [5.41, 5.74) is 1.87. The van der Waals surface area contributed by atoms with Gasteiger partial charge in [0.15, 0.2) is 5.13 Å². The number of rotatable bonds is 9. The first-order valence-electron chi connectivity index (χ1n) is 13.5. The number of pyridine rings is 1. The summed E-state index contributed by atoms with van der Waals surface area (Å²) >= 11 is 0.617. The van der Waals surface area contributed by atoms with E-state index in [1.165, 1.54) is 25.2 Å². The molecule has 1 saturated heterocycles. The van der Waals surface area contributed by atoms with Gasteiger partial charge in [-0.05, 0) is 54.7 Å². The summed E-state index contributed by atoms with van der Waals surface area (Å²) in [6, 6.07) is 16.4. The summed E-state index contributed by atoms with van der Waals surface area (Å²) in [5.74, 6) is -2.62. The fraction of sp³-hybridized carbons (Fsp3) is 0.258. The minimum absolute atomic E-state index is 0.00840. The van der Waals surface area contributed by atoms with Gasteiger partial charge in [0.25, 0.3) is 0 Å². The van der Waals surface area contributed by atoms with Crippen LogP contribution in [0.15, 0.2) is 66.9 Å². The van der Waals surface area contributed by atoms with E-state index in [2.05, 4.69) is 9.97 Å². The largest absolute Gasteiger partial charge is 0.481 e. The number of piperidine rings is 1. The number of halogens is 2. The van der Waals surface area contributed by atoms with Gasteiger partial charge in [-0.25, -0.2) is 14.4 Å². The van der Waals surface area contributed by atoms with E-state index in [1.54, 1.807) is 47.5 Å². The number of aromatic nitrogens is 2. The van der Waals surface area contributed by atoms with Crippen LogP contribution in [0.5, 0.6) is 0 Å². The van der Waals surface area contributed by atoms with E-state index >= 15 is 4.39 Å². The van der Waals surface area contributed by atoms with Crippen LogP contribution in [0.2, 0.25) is 0 Å². The number of hydrogen-bond donors (Lipinski definition) is 1. The smallest absolute Gasteiger partial charge is 0.304 e. The van der Waals surface area contributed by atoms with Gasteiger partial charge >= 0.3 is 5.97 Å². The standard InChI is InChI=1S/C31H28F2N4O4S/c1-36(30(41)21(16-27(39)40)15-19-7-3-2-4-8-19)31-35-28(29(33)42-31)24-17-22(32)11-12-23(24)20-10-13-25(34-18-20)37-14-6-5-9-26(37)38/h2-4,7-8,10-13,17-18,21H,5-6,9,14-16H2,1H3,(H,39,40)/t21-/m1/s1. The topological polar surface area (TPSA) is 104 Å². The van der Waals surface area contributed by atoms with Gasteiger partial charge in [-0.15, -0.1) is 0 Å². The lowest BCUT2D eigenvalue weighted by atomic mass is 9.95. The first kappa shape index (κ1) is 29.0. The minimum atomic E-state index is -1.13. The van der Waals surface area contributed by atoms with E-state index in [-0.39, 0.29) is 28.7 Å². The summed E-state index contributed by atoms with van der Waals surface area (Å²) in [6.45, 7) is 0.588. The maximum Gasteiger partial charge on any atom is 0.304 e. The molecule has 5 rings (SSSR count). The number of aliphatic carboxylic acids is 1. The molecule has 11 heteroatoms. The van der Waals surface area contributed by atoms with Crippen molar-refractivity contribution < 1.29 is 28.3 Å². The molecule has 4 aromatic rings. The van der Waals surface area contributed by atoms with Gasteiger partial charge in [0.1, 0.15) is 17.3 Å². The van der Waals surface area contributed by atoms with Crippen molar-refractivity contribution in [2.45, 2.75) is 32.1 Å². The quantitative estimate of drug-likeness (QED) is 0.258. The molecule has 8 nitrogen and oxygen atoms in total. The Morgan fingerprint density at radius 2 is 1.86 bits per heavy atom. The van der Waals surface area contributed by atoms with Crippen LogP contribution >= 0.6 is 11.3 Å². The number of thiazole rings is 1. The highest BCUT2D eigenvalue weighted by molar-refractivity contribution is 7.14. The lowest BCUT2D eigenvalue weighted by Crippen LogP contribution is -2.35. The Morgan fingerprint density at radius 1 is 1.07 bits per heavy atom. The zero-order valence-electron chi connectivity index (χ0n) is 22.8. The van der Waals surface area contributed by atoms with E-state index in [0.29, 0.717) is 41.2 Å². The highest BCUT2D eigenvalue weighted by Crippen LogP contribution is 2.38. The number of carboxylic acid groups (broad SMARTS) is 1. The highest BCUT2D eigenvalue weighted by atomic mass is 32.1. The fourth-order valence-corrected chi connectivity index (χ4v) is 5.82. The van der Waals surface area contributed by atoms with Gasteiger partial charge in [0, 0.05) is 37.3 Å². The molecular weight excluding hydrogens is 562 g/mol. The summed E-state index contributed by atoms with van der Waals surface area (Å²) in [4.78, 5) is 48.8. The molecule has 1 fully saturated rings. The third kappa shape index (κ3) is 6.36. The third-order valence-electron chi connectivity index (χ3n) is 7.18. The summed E-state index contributed by atoms with van der Waals surface area (Å²) in [6.07, 6.45) is 3.55. The molecule has 0 radical (unpaired) electrons. The van der Waals surface area contributed by atoms with Crippen LogP contribution in [0.1, 0.15) is 31.2 Å². The predicted octanol–water partition coefficient (Wildman–Crippen LogP) is 5.96. The number of benzene rings is 2. The predicted molar refractivity (Wildman–Crippen MR) is 156 cm³/mol. The second-order valence-corrected chi connectivity index (χ2v) is 11.0. The molecule has 2 aromatic heterocycles. The van der Waals surface area contributed by atoms with Crippen molar-refractivity contribution in [1.29, 1.82) is 0 Å². The Morgan fingerprint density at radius 3 is 2.55 bits per heavy atom. The summed E-state index contributed by atoms with van der Waals surface area (Å²) < 4.78 is 29.8. The molecule has 2 amide bonds. The lowest BCUT2D eigenvalue weighted by molar-refractivity contribution is -0.140. The molecule has 0 spiro atoms. The molecule has 1 aliphatic heterocycles. The van der Waals surface area contributed by atoms with Crippen LogP contribution in [0, 0.1) is 16.9 Å². The van der Waals surface area contributed by atoms with Crippen molar-refractivity contribution in [3.8, 4) is 22.4 Å². The number of nitrogens with zero attached hydrogens (tertiary/aromatic N) is 4. The summed E-state index contributed by atoms with van der Waals surface area (Å²) in [5, 5.41) is 8.72. The van der Waals surface area contributed by atoms with Crippen molar-refractivity contribution in [3.63, 3.8) is 0 Å². The second-order valence-electron chi connectivity index (χ2n) is 10.1. The van der Waals surface area contributed by atoms with Gasteiger partial charge < -0.3 is 5.11 Å². The Kier molecular flexibility index (Phi) is 8.67. The SMILES string of the molecule is CN(C(=O)[C@@H](CC(=O)O)Cc1ccccc1)c1nc(-c2cc(F)ccc2-c2ccc(N3CCCCC3=O)nc2)c(F)s1. The monoisotopic (exact) mass is 590 g/mol. The van der Waals surface area contributed by atoms with Gasteiger partial charge in [-0.1, -0.05) is 47.7 Å². The molecule has 42 heavy (non-hydrogen) atoms. The maximum absolute atomic E-state index is 15.4. The first-order chi connectivity index (χ1) is 20.2. The molecule has 0 saturated carbocycles. The van der Waals surface area contributed by atoms with Crippen molar-refractivity contribution >= 4 is 40.1 Å². The van der Waals surface area contributed by atoms with Crippen LogP contribution in [0.4, 0.5) is 19.7 Å². The first-order valence-corrected chi connectivity index (χ1v) is 14.3. The second kappa shape index (κ2) is 12.6. The Bertz CT molecular complexity index is 1610. The summed E-state index contributed by atoms with van der Waals surface area (Å²) in [7, 11) is 1.42. The number of carboxylic acids is 1. The van der Waals surface area contributed by atoms with Gasteiger partial charge in [0.2, 0.25) is 16.9 Å². The molecule has 3 heterocycles. The average molecular weight is 591 g/mol. The molecule has 0 aliphatic carbocycles. The van der Waals surface area contributed by atoms with E-state index in [4.69, 9.17) is 0 Å². The van der Waals surface area contributed by atoms with Crippen LogP contribution in [0.3, 0.4) is 0 Å². The lowest BCUT2D eigenvalue weighted by Gasteiger charge is -2.25. The van der Waals surface area contributed by atoms with E-state index in [1.807, 2.05) is 6.07 Å². The molecule has 0 unspecified atom stereocenters. The molecule has 2 aromatic carbocycles. The number of hydrogen-bond acceptors (Lipinski definition) is 6. The van der Waals surface area contributed by atoms with Crippen molar-refractivity contribution in [2.75, 3.05) is 23.4 Å². The molecule has 1 aliphatic rings. The number of amides is 2. The Balaban J connectivity index is 1.43. The van der Waals surface area contributed by atoms with Gasteiger partial charge in [-0.3, -0.25) is 24.2 Å². The van der Waals surface area contributed by atoms with E-state index in [0.717, 1.165) is 23.3 Å². The number of anilines is 2. The molecule has 216 valence electrons. The molecule has 1 atom stereocenters. The molecule has 0 bridgehead atoms. The normalized spacial score (nSPS) is 14.1. The van der Waals surface area contributed by atoms with Crippen molar-refractivity contribution in [3.05, 3.63) is 83.4 Å². The zero-order valence-corrected chi connectivity index (χ0v) is 23.6. The fourth-order valence-electron chi connectivity index (χ4n) is 5.04. The van der Waals surface area contributed by atoms with Crippen LogP contribution in [-0.2, 0) is 20.8 Å². The van der Waals surface area contributed by atoms with E-state index < -0.39 is 35.2 Å². The Labute approximate surface area is 245 Å². The van der Waals surface area contributed by atoms with Crippen LogP contribution < -0.4 is 9.80 Å². The minimum Gasteiger partial charge on any atom is -0.481 e. The third-order valence-corrected chi connectivity index (χ3v) is 8.10. The molecular formula is C31H28F2N4O4S. The number of carbonyl (C=O) groups excluding carboxylic acids is 2. The van der Waals surface area contributed by atoms with Gasteiger partial charge in [-0.2, -0.15) is 4.39 Å². The molecule has 1 N–H and O–H groups in total.